The Kier molecular flexibility index (Phi) is 4.38. The summed E-state index contributed by atoms with van der Waals surface area (Å²) in [7, 11) is 0. The zero-order chi connectivity index (χ0) is 13.0. The highest BCUT2D eigenvalue weighted by Crippen LogP contribution is 2.27. The van der Waals surface area contributed by atoms with Gasteiger partial charge >= 0.3 is 0 Å². The van der Waals surface area contributed by atoms with Crippen molar-refractivity contribution >= 4 is 0 Å². The molecule has 0 bridgehead atoms. The Bertz CT molecular complexity index is 356. The van der Waals surface area contributed by atoms with Gasteiger partial charge in [0.15, 0.2) is 0 Å². The predicted molar refractivity (Wildman–Crippen MR) is 73.4 cm³/mol. The van der Waals surface area contributed by atoms with Crippen LogP contribution < -0.4 is 5.32 Å². The lowest BCUT2D eigenvalue weighted by molar-refractivity contribution is 0.365. The summed E-state index contributed by atoms with van der Waals surface area (Å²) in [6.07, 6.45) is 9.62. The van der Waals surface area contributed by atoms with E-state index in [2.05, 4.69) is 40.9 Å². The number of hydrogen-bond donors (Lipinski definition) is 1. The average Bonchev–Trinajstić information content (AvgIpc) is 2.59. The normalized spacial score (nSPS) is 18.8. The first-order valence-corrected chi connectivity index (χ1v) is 7.20. The van der Waals surface area contributed by atoms with Crippen molar-refractivity contribution in [1.82, 2.24) is 20.1 Å². The Hall–Kier alpha value is -0.900. The largest absolute Gasteiger partial charge is 0.305 e. The second-order valence-electron chi connectivity index (χ2n) is 6.37. The molecule has 1 aliphatic rings. The van der Waals surface area contributed by atoms with Gasteiger partial charge in [-0.1, -0.05) is 25.7 Å². The summed E-state index contributed by atoms with van der Waals surface area (Å²) >= 11 is 0. The topological polar surface area (TPSA) is 42.7 Å². The number of hydrogen-bond acceptors (Lipinski definition) is 3. The van der Waals surface area contributed by atoms with Gasteiger partial charge in [-0.05, 0) is 33.6 Å². The summed E-state index contributed by atoms with van der Waals surface area (Å²) < 4.78 is 2.16. The molecule has 4 heteroatoms. The first-order chi connectivity index (χ1) is 8.56. The molecule has 18 heavy (non-hydrogen) atoms. The Morgan fingerprint density at radius 1 is 1.22 bits per heavy atom. The Balaban J connectivity index is 2.02. The fourth-order valence-electron chi connectivity index (χ4n) is 2.55. The van der Waals surface area contributed by atoms with Crippen molar-refractivity contribution in [3.05, 3.63) is 12.2 Å². The van der Waals surface area contributed by atoms with Crippen molar-refractivity contribution in [3.63, 3.8) is 0 Å². The number of nitrogens with one attached hydrogen (secondary N) is 1. The van der Waals surface area contributed by atoms with Crippen molar-refractivity contribution in [2.45, 2.75) is 77.4 Å². The van der Waals surface area contributed by atoms with Crippen LogP contribution in [0.5, 0.6) is 0 Å². The van der Waals surface area contributed by atoms with Crippen LogP contribution in [0.1, 0.15) is 71.2 Å². The van der Waals surface area contributed by atoms with Crippen LogP contribution in [0.25, 0.3) is 0 Å². The second-order valence-corrected chi connectivity index (χ2v) is 6.37. The molecule has 0 amide bonds. The van der Waals surface area contributed by atoms with Crippen LogP contribution in [-0.4, -0.2) is 20.3 Å². The number of rotatable bonds is 3. The van der Waals surface area contributed by atoms with Gasteiger partial charge in [-0.15, -0.1) is 0 Å². The van der Waals surface area contributed by atoms with Crippen molar-refractivity contribution in [2.75, 3.05) is 0 Å². The highest BCUT2D eigenvalue weighted by molar-refractivity contribution is 4.89. The highest BCUT2D eigenvalue weighted by Gasteiger charge is 2.19. The summed E-state index contributed by atoms with van der Waals surface area (Å²) in [5.41, 5.74) is 0.125. The first kappa shape index (κ1) is 13.5. The van der Waals surface area contributed by atoms with Gasteiger partial charge in [-0.25, -0.2) is 9.67 Å². The highest BCUT2D eigenvalue weighted by atomic mass is 15.4. The molecule has 0 unspecified atom stereocenters. The van der Waals surface area contributed by atoms with Gasteiger partial charge in [0.05, 0.1) is 12.6 Å². The summed E-state index contributed by atoms with van der Waals surface area (Å²) in [6.45, 7) is 7.35. The molecule has 0 spiro atoms. The van der Waals surface area contributed by atoms with Gasteiger partial charge in [0.1, 0.15) is 12.2 Å². The standard InChI is InChI=1S/C14H26N4/c1-14(2,3)16-10-13-15-11-17-18(13)12-8-6-4-5-7-9-12/h11-12,16H,4-10H2,1-3H3. The summed E-state index contributed by atoms with van der Waals surface area (Å²) in [5, 5.41) is 7.94. The molecule has 0 atom stereocenters. The molecule has 1 fully saturated rings. The zero-order valence-corrected chi connectivity index (χ0v) is 11.9. The molecule has 1 N–H and O–H groups in total. The molecule has 2 rings (SSSR count). The minimum Gasteiger partial charge on any atom is -0.305 e. The van der Waals surface area contributed by atoms with Gasteiger partial charge in [-0.3, -0.25) is 0 Å². The van der Waals surface area contributed by atoms with Crippen LogP contribution in [-0.2, 0) is 6.54 Å². The fraction of sp³-hybridized carbons (Fsp3) is 0.857. The molecule has 0 aliphatic heterocycles. The van der Waals surface area contributed by atoms with Crippen molar-refractivity contribution in [2.24, 2.45) is 0 Å². The smallest absolute Gasteiger partial charge is 0.141 e. The minimum atomic E-state index is 0.125. The van der Waals surface area contributed by atoms with E-state index < -0.39 is 0 Å². The lowest BCUT2D eigenvalue weighted by atomic mass is 10.1. The van der Waals surface area contributed by atoms with Crippen LogP contribution in [0.3, 0.4) is 0 Å². The zero-order valence-electron chi connectivity index (χ0n) is 11.9. The van der Waals surface area contributed by atoms with E-state index in [1.54, 1.807) is 6.33 Å². The van der Waals surface area contributed by atoms with Crippen molar-refractivity contribution < 1.29 is 0 Å². The van der Waals surface area contributed by atoms with E-state index in [1.165, 1.54) is 38.5 Å². The van der Waals surface area contributed by atoms with Crippen molar-refractivity contribution in [1.29, 1.82) is 0 Å². The molecule has 1 saturated carbocycles. The van der Waals surface area contributed by atoms with E-state index in [1.807, 2.05) is 0 Å². The van der Waals surface area contributed by atoms with E-state index in [9.17, 15) is 0 Å². The molecule has 4 nitrogen and oxygen atoms in total. The number of aromatic nitrogens is 3. The van der Waals surface area contributed by atoms with E-state index in [0.29, 0.717) is 6.04 Å². The van der Waals surface area contributed by atoms with Gasteiger partial charge in [0.25, 0.3) is 0 Å². The molecular weight excluding hydrogens is 224 g/mol. The molecule has 1 heterocycles. The van der Waals surface area contributed by atoms with Crippen LogP contribution in [0.15, 0.2) is 6.33 Å². The SMILES string of the molecule is CC(C)(C)NCc1ncnn1C1CCCCCC1. The maximum absolute atomic E-state index is 4.45. The first-order valence-electron chi connectivity index (χ1n) is 7.20. The summed E-state index contributed by atoms with van der Waals surface area (Å²) in [5.74, 6) is 1.08. The fourth-order valence-corrected chi connectivity index (χ4v) is 2.55. The molecule has 1 aromatic heterocycles. The Morgan fingerprint density at radius 3 is 2.50 bits per heavy atom. The maximum Gasteiger partial charge on any atom is 0.141 e. The van der Waals surface area contributed by atoms with Gasteiger partial charge in [-0.2, -0.15) is 5.10 Å². The summed E-state index contributed by atoms with van der Waals surface area (Å²) in [4.78, 5) is 4.41. The summed E-state index contributed by atoms with van der Waals surface area (Å²) in [6, 6.07) is 0.562. The van der Waals surface area contributed by atoms with Gasteiger partial charge < -0.3 is 5.32 Å². The second kappa shape index (κ2) is 5.83. The monoisotopic (exact) mass is 250 g/mol. The molecule has 1 aliphatic carbocycles. The lowest BCUT2D eigenvalue weighted by Gasteiger charge is -2.22. The van der Waals surface area contributed by atoms with E-state index >= 15 is 0 Å². The Morgan fingerprint density at radius 2 is 1.89 bits per heavy atom. The quantitative estimate of drug-likeness (QED) is 0.838. The van der Waals surface area contributed by atoms with Crippen LogP contribution in [0.4, 0.5) is 0 Å². The van der Waals surface area contributed by atoms with Crippen LogP contribution >= 0.6 is 0 Å². The molecule has 0 aromatic carbocycles. The van der Waals surface area contributed by atoms with Crippen molar-refractivity contribution in [3.8, 4) is 0 Å². The molecular formula is C14H26N4. The molecule has 0 radical (unpaired) electrons. The predicted octanol–water partition coefficient (Wildman–Crippen LogP) is 3.06. The van der Waals surface area contributed by atoms with Crippen LogP contribution in [0.2, 0.25) is 0 Å². The third-order valence-corrected chi connectivity index (χ3v) is 3.59. The van der Waals surface area contributed by atoms with E-state index in [4.69, 9.17) is 0 Å². The third-order valence-electron chi connectivity index (χ3n) is 3.59. The van der Waals surface area contributed by atoms with Crippen LogP contribution in [0, 0.1) is 0 Å². The molecule has 1 aromatic rings. The number of nitrogens with zero attached hydrogens (tertiary/aromatic N) is 3. The minimum absolute atomic E-state index is 0.125. The average molecular weight is 250 g/mol. The lowest BCUT2D eigenvalue weighted by Crippen LogP contribution is -2.36. The molecule has 102 valence electrons. The van der Waals surface area contributed by atoms with Gasteiger partial charge in [0, 0.05) is 5.54 Å². The third kappa shape index (κ3) is 3.80. The van der Waals surface area contributed by atoms with Gasteiger partial charge in [0.2, 0.25) is 0 Å². The molecule has 0 saturated heterocycles. The Labute approximate surface area is 110 Å². The van der Waals surface area contributed by atoms with E-state index in [-0.39, 0.29) is 5.54 Å². The van der Waals surface area contributed by atoms with E-state index in [0.717, 1.165) is 12.4 Å². The maximum atomic E-state index is 4.45.